The number of nitrogens with two attached hydrogens (primary N) is 1. The monoisotopic (exact) mass is 567 g/mol. The van der Waals surface area contributed by atoms with E-state index in [-0.39, 0.29) is 17.3 Å². The number of pyridine rings is 1. The van der Waals surface area contributed by atoms with Gasteiger partial charge < -0.3 is 25.5 Å². The van der Waals surface area contributed by atoms with Crippen molar-refractivity contribution >= 4 is 34.2 Å². The number of nitrogens with one attached hydrogen (secondary N) is 2. The lowest BCUT2D eigenvalue weighted by Gasteiger charge is -2.16. The van der Waals surface area contributed by atoms with Crippen LogP contribution in [0.15, 0.2) is 53.9 Å². The highest BCUT2D eigenvalue weighted by Gasteiger charge is 2.26. The Labute approximate surface area is 240 Å². The Bertz CT molecular complexity index is 1790. The molecule has 1 aliphatic heterocycles. The maximum Gasteiger partial charge on any atom is 0.357 e. The molecule has 0 fully saturated rings. The summed E-state index contributed by atoms with van der Waals surface area (Å²) in [7, 11) is 1.30. The highest BCUT2D eigenvalue weighted by Crippen LogP contribution is 2.45. The van der Waals surface area contributed by atoms with Crippen LogP contribution in [0.5, 0.6) is 5.75 Å². The van der Waals surface area contributed by atoms with Crippen molar-refractivity contribution in [1.82, 2.24) is 20.3 Å². The van der Waals surface area contributed by atoms with Crippen molar-refractivity contribution < 1.29 is 19.1 Å². The summed E-state index contributed by atoms with van der Waals surface area (Å²) < 4.78 is 11.3. The summed E-state index contributed by atoms with van der Waals surface area (Å²) in [6.45, 7) is 3.41. The molecule has 10 heteroatoms. The number of hydrogen-bond donors (Lipinski definition) is 3. The Balaban J connectivity index is 1.59. The fourth-order valence-electron chi connectivity index (χ4n) is 5.03. The Morgan fingerprint density at radius 1 is 1.07 bits per heavy atom. The first-order valence-electron chi connectivity index (χ1n) is 13.4. The van der Waals surface area contributed by atoms with Crippen LogP contribution < -0.4 is 15.8 Å². The lowest BCUT2D eigenvalue weighted by Crippen LogP contribution is -2.25. The predicted octanol–water partition coefficient (Wildman–Crippen LogP) is 5.34. The maximum atomic E-state index is 13.0. The number of benzene rings is 2. The zero-order valence-electron chi connectivity index (χ0n) is 22.7. The second kappa shape index (κ2) is 11.1. The fourth-order valence-corrected chi connectivity index (χ4v) is 6.01. The van der Waals surface area contributed by atoms with Crippen LogP contribution in [0.2, 0.25) is 0 Å². The van der Waals surface area contributed by atoms with E-state index in [2.05, 4.69) is 32.8 Å². The minimum absolute atomic E-state index is 0.0322. The van der Waals surface area contributed by atoms with Crippen LogP contribution in [-0.4, -0.2) is 47.1 Å². The third-order valence-electron chi connectivity index (χ3n) is 7.11. The average Bonchev–Trinajstić information content (AvgIpc) is 3.61. The van der Waals surface area contributed by atoms with Crippen LogP contribution in [0, 0.1) is 0 Å². The smallest absolute Gasteiger partial charge is 0.357 e. The van der Waals surface area contributed by atoms with Gasteiger partial charge in [-0.3, -0.25) is 4.79 Å². The van der Waals surface area contributed by atoms with Gasteiger partial charge in [0.1, 0.15) is 17.3 Å². The third kappa shape index (κ3) is 4.96. The summed E-state index contributed by atoms with van der Waals surface area (Å²) in [5, 5.41) is 4.90. The van der Waals surface area contributed by atoms with E-state index >= 15 is 0 Å². The molecule has 0 atom stereocenters. The van der Waals surface area contributed by atoms with Crippen molar-refractivity contribution in [2.45, 2.75) is 26.3 Å². The van der Waals surface area contributed by atoms with Gasteiger partial charge in [0.2, 0.25) is 0 Å². The number of carbonyl (C=O) groups is 2. The van der Waals surface area contributed by atoms with E-state index in [4.69, 9.17) is 20.2 Å². The highest BCUT2D eigenvalue weighted by atomic mass is 32.1. The second-order valence-electron chi connectivity index (χ2n) is 9.75. The molecule has 0 saturated carbocycles. The molecule has 41 heavy (non-hydrogen) atoms. The molecule has 0 unspecified atom stereocenters. The minimum atomic E-state index is -0.648. The van der Waals surface area contributed by atoms with Crippen LogP contribution in [0.4, 0.5) is 0 Å². The zero-order valence-corrected chi connectivity index (χ0v) is 23.6. The van der Waals surface area contributed by atoms with Crippen LogP contribution >= 0.6 is 11.3 Å². The Kier molecular flexibility index (Phi) is 7.25. The van der Waals surface area contributed by atoms with E-state index in [1.54, 1.807) is 23.5 Å². The topological polar surface area (TPSA) is 132 Å². The van der Waals surface area contributed by atoms with Crippen LogP contribution in [0.3, 0.4) is 0 Å². The van der Waals surface area contributed by atoms with E-state index in [0.29, 0.717) is 42.4 Å². The van der Waals surface area contributed by atoms with Crippen molar-refractivity contribution in [3.63, 3.8) is 0 Å². The van der Waals surface area contributed by atoms with Gasteiger partial charge >= 0.3 is 5.97 Å². The molecule has 4 heterocycles. The van der Waals surface area contributed by atoms with Gasteiger partial charge in [0.05, 0.1) is 24.8 Å². The predicted molar refractivity (Wildman–Crippen MR) is 159 cm³/mol. The number of amides is 1. The molecule has 4 N–H and O–H groups in total. The standard InChI is InChI=1S/C31H29N5O4S/c1-3-10-33-30(37)24-7-5-19(27(34-24)31(38)39-2)20-15-26-22(28-18(8-11-40-26)9-12-41-28)14-21(20)29-35-23-6-4-17(16-32)13-25(23)36-29/h4-7,9,12-15H,3,8,10-11,16,32H2,1-2H3,(H,33,37)(H,35,36). The molecule has 208 valence electrons. The molecular weight excluding hydrogens is 538 g/mol. The number of aromatic amines is 1. The largest absolute Gasteiger partial charge is 0.493 e. The van der Waals surface area contributed by atoms with Gasteiger partial charge in [0.25, 0.3) is 5.91 Å². The van der Waals surface area contributed by atoms with Gasteiger partial charge in [-0.1, -0.05) is 13.0 Å². The molecule has 0 radical (unpaired) electrons. The number of imidazole rings is 1. The lowest BCUT2D eigenvalue weighted by molar-refractivity contribution is 0.0595. The minimum Gasteiger partial charge on any atom is -0.493 e. The Morgan fingerprint density at radius 3 is 2.76 bits per heavy atom. The van der Waals surface area contributed by atoms with E-state index in [9.17, 15) is 9.59 Å². The summed E-state index contributed by atoms with van der Waals surface area (Å²) in [6.07, 6.45) is 1.57. The summed E-state index contributed by atoms with van der Waals surface area (Å²) >= 11 is 1.66. The maximum absolute atomic E-state index is 13.0. The second-order valence-corrected chi connectivity index (χ2v) is 10.7. The molecular formula is C31H29N5O4S. The number of ether oxygens (including phenoxy) is 2. The molecule has 0 aliphatic carbocycles. The van der Waals surface area contributed by atoms with Crippen molar-refractivity contribution in [2.24, 2.45) is 5.73 Å². The fraction of sp³-hybridized carbons (Fsp3) is 0.226. The summed E-state index contributed by atoms with van der Waals surface area (Å²) in [6, 6.07) is 15.3. The van der Waals surface area contributed by atoms with Gasteiger partial charge in [-0.15, -0.1) is 11.3 Å². The van der Waals surface area contributed by atoms with E-state index in [0.717, 1.165) is 45.4 Å². The Morgan fingerprint density at radius 2 is 1.95 bits per heavy atom. The lowest BCUT2D eigenvalue weighted by atomic mass is 9.93. The highest BCUT2D eigenvalue weighted by molar-refractivity contribution is 7.13. The zero-order chi connectivity index (χ0) is 28.5. The van der Waals surface area contributed by atoms with Crippen molar-refractivity contribution in [3.05, 3.63) is 76.4 Å². The van der Waals surface area contributed by atoms with Crippen molar-refractivity contribution in [1.29, 1.82) is 0 Å². The first kappa shape index (κ1) is 26.7. The molecule has 0 spiro atoms. The number of nitrogens with zero attached hydrogens (tertiary/aromatic N) is 2. The number of methoxy groups -OCH3 is 1. The SMILES string of the molecule is CCCNC(=O)c1ccc(-c2cc3c(cc2-c2nc4ccc(CN)cc4[nH]2)-c2sccc2CCO3)c(C(=O)OC)n1. The molecule has 0 bridgehead atoms. The normalized spacial score (nSPS) is 12.3. The van der Waals surface area contributed by atoms with Crippen molar-refractivity contribution in [3.8, 4) is 38.7 Å². The number of rotatable bonds is 7. The molecule has 6 rings (SSSR count). The van der Waals surface area contributed by atoms with Crippen molar-refractivity contribution in [2.75, 3.05) is 20.3 Å². The first-order valence-corrected chi connectivity index (χ1v) is 14.3. The van der Waals surface area contributed by atoms with Crippen LogP contribution in [-0.2, 0) is 17.7 Å². The molecule has 9 nitrogen and oxygen atoms in total. The summed E-state index contributed by atoms with van der Waals surface area (Å²) in [4.78, 5) is 39.7. The number of esters is 1. The number of hydrogen-bond acceptors (Lipinski definition) is 8. The molecule has 0 saturated heterocycles. The molecule has 5 aromatic rings. The number of H-pyrrole nitrogens is 1. The van der Waals surface area contributed by atoms with Gasteiger partial charge in [-0.05, 0) is 71.0 Å². The number of fused-ring (bicyclic) bond motifs is 4. The molecule has 1 amide bonds. The van der Waals surface area contributed by atoms with Gasteiger partial charge in [-0.25, -0.2) is 14.8 Å². The quantitative estimate of drug-likeness (QED) is 0.226. The summed E-state index contributed by atoms with van der Waals surface area (Å²) in [5.74, 6) is 0.318. The summed E-state index contributed by atoms with van der Waals surface area (Å²) in [5.41, 5.74) is 12.8. The average molecular weight is 568 g/mol. The van der Waals surface area contributed by atoms with Gasteiger partial charge in [0.15, 0.2) is 5.69 Å². The van der Waals surface area contributed by atoms with Crippen LogP contribution in [0.1, 0.15) is 45.4 Å². The number of carbonyl (C=O) groups excluding carboxylic acids is 2. The molecule has 1 aliphatic rings. The molecule has 3 aromatic heterocycles. The number of thiophene rings is 1. The van der Waals surface area contributed by atoms with E-state index in [1.165, 1.54) is 12.7 Å². The van der Waals surface area contributed by atoms with E-state index < -0.39 is 5.97 Å². The van der Waals surface area contributed by atoms with Gasteiger partial charge in [0, 0.05) is 41.1 Å². The molecule has 2 aromatic carbocycles. The van der Waals surface area contributed by atoms with Crippen LogP contribution in [0.25, 0.3) is 44.0 Å². The first-order chi connectivity index (χ1) is 20.0. The van der Waals surface area contributed by atoms with E-state index in [1.807, 2.05) is 31.2 Å². The third-order valence-corrected chi connectivity index (χ3v) is 8.10. The Hall–Kier alpha value is -4.54. The number of aromatic nitrogens is 3. The van der Waals surface area contributed by atoms with Gasteiger partial charge in [-0.2, -0.15) is 0 Å².